The van der Waals surface area contributed by atoms with Crippen molar-refractivity contribution in [3.8, 4) is 0 Å². The number of nitrogens with one attached hydrogen (secondary N) is 1. The van der Waals surface area contributed by atoms with E-state index in [1.165, 1.54) is 0 Å². The summed E-state index contributed by atoms with van der Waals surface area (Å²) in [6.45, 7) is 6.09. The lowest BCUT2D eigenvalue weighted by Gasteiger charge is -2.00. The van der Waals surface area contributed by atoms with Gasteiger partial charge in [-0.15, -0.1) is 6.58 Å². The second kappa shape index (κ2) is 4.87. The van der Waals surface area contributed by atoms with Crippen LogP contribution in [0.4, 0.5) is 0 Å². The Balaban J connectivity index is 2.26. The molecule has 0 aliphatic carbocycles. The second-order valence-electron chi connectivity index (χ2n) is 3.89. The van der Waals surface area contributed by atoms with Crippen LogP contribution in [-0.4, -0.2) is 12.5 Å². The van der Waals surface area contributed by atoms with Gasteiger partial charge in [0.2, 0.25) is 0 Å². The van der Waals surface area contributed by atoms with Crippen LogP contribution < -0.4 is 5.32 Å². The molecule has 0 saturated carbocycles. The third kappa shape index (κ3) is 2.23. The lowest BCUT2D eigenvalue weighted by molar-refractivity contribution is 0.0928. The standard InChI is InChI=1S/C14H15NO2/c1-3-4-9-15-14(16)13-10(2)11-7-5-6-8-12(11)17-13/h3,5-8H,1,4,9H2,2H3,(H,15,16). The largest absolute Gasteiger partial charge is 0.451 e. The van der Waals surface area contributed by atoms with Crippen molar-refractivity contribution in [3.63, 3.8) is 0 Å². The molecule has 1 amide bonds. The van der Waals surface area contributed by atoms with E-state index in [-0.39, 0.29) is 5.91 Å². The first-order chi connectivity index (χ1) is 8.24. The highest BCUT2D eigenvalue weighted by Gasteiger charge is 2.16. The van der Waals surface area contributed by atoms with E-state index in [1.807, 2.05) is 31.2 Å². The highest BCUT2D eigenvalue weighted by molar-refractivity contribution is 5.98. The number of carbonyl (C=O) groups is 1. The first-order valence-electron chi connectivity index (χ1n) is 5.61. The molecule has 88 valence electrons. The minimum atomic E-state index is -0.166. The van der Waals surface area contributed by atoms with Crippen LogP contribution >= 0.6 is 0 Å². The Morgan fingerprint density at radius 2 is 2.24 bits per heavy atom. The van der Waals surface area contributed by atoms with E-state index in [9.17, 15) is 4.79 Å². The quantitative estimate of drug-likeness (QED) is 0.646. The topological polar surface area (TPSA) is 42.2 Å². The van der Waals surface area contributed by atoms with Gasteiger partial charge in [-0.3, -0.25) is 4.79 Å². The van der Waals surface area contributed by atoms with Gasteiger partial charge in [0.15, 0.2) is 5.76 Å². The van der Waals surface area contributed by atoms with Crippen molar-refractivity contribution in [3.05, 3.63) is 48.2 Å². The van der Waals surface area contributed by atoms with Crippen molar-refractivity contribution in [2.75, 3.05) is 6.54 Å². The zero-order valence-corrected chi connectivity index (χ0v) is 9.82. The number of fused-ring (bicyclic) bond motifs is 1. The molecule has 1 heterocycles. The van der Waals surface area contributed by atoms with Gasteiger partial charge in [-0.1, -0.05) is 24.3 Å². The molecule has 3 nitrogen and oxygen atoms in total. The highest BCUT2D eigenvalue weighted by Crippen LogP contribution is 2.24. The summed E-state index contributed by atoms with van der Waals surface area (Å²) >= 11 is 0. The normalized spacial score (nSPS) is 10.4. The van der Waals surface area contributed by atoms with Crippen LogP contribution in [0.2, 0.25) is 0 Å². The summed E-state index contributed by atoms with van der Waals surface area (Å²) in [7, 11) is 0. The zero-order chi connectivity index (χ0) is 12.3. The summed E-state index contributed by atoms with van der Waals surface area (Å²) in [5.41, 5.74) is 1.63. The number of furan rings is 1. The van der Waals surface area contributed by atoms with E-state index in [0.29, 0.717) is 12.3 Å². The smallest absolute Gasteiger partial charge is 0.287 e. The summed E-state index contributed by atoms with van der Waals surface area (Å²) in [6, 6.07) is 7.65. The van der Waals surface area contributed by atoms with Crippen LogP contribution in [0.25, 0.3) is 11.0 Å². The van der Waals surface area contributed by atoms with E-state index in [0.717, 1.165) is 23.0 Å². The maximum Gasteiger partial charge on any atom is 0.287 e. The molecular formula is C14H15NO2. The van der Waals surface area contributed by atoms with E-state index < -0.39 is 0 Å². The van der Waals surface area contributed by atoms with Crippen molar-refractivity contribution in [1.82, 2.24) is 5.32 Å². The lowest BCUT2D eigenvalue weighted by Crippen LogP contribution is -2.24. The molecule has 2 rings (SSSR count). The molecule has 0 fully saturated rings. The average molecular weight is 229 g/mol. The number of hydrogen-bond acceptors (Lipinski definition) is 2. The molecule has 3 heteroatoms. The number of carbonyl (C=O) groups excluding carboxylic acids is 1. The maximum atomic E-state index is 11.9. The van der Waals surface area contributed by atoms with Gasteiger partial charge in [-0.2, -0.15) is 0 Å². The van der Waals surface area contributed by atoms with Gasteiger partial charge >= 0.3 is 0 Å². The highest BCUT2D eigenvalue weighted by atomic mass is 16.3. The first-order valence-corrected chi connectivity index (χ1v) is 5.61. The second-order valence-corrected chi connectivity index (χ2v) is 3.89. The molecule has 0 aliphatic heterocycles. The van der Waals surface area contributed by atoms with Crippen molar-refractivity contribution < 1.29 is 9.21 Å². The molecule has 0 aliphatic rings. The molecule has 0 saturated heterocycles. The van der Waals surface area contributed by atoms with Gasteiger partial charge in [-0.05, 0) is 19.4 Å². The number of amides is 1. The fraction of sp³-hybridized carbons (Fsp3) is 0.214. The predicted molar refractivity (Wildman–Crippen MR) is 68.1 cm³/mol. The third-order valence-corrected chi connectivity index (χ3v) is 2.68. The predicted octanol–water partition coefficient (Wildman–Crippen LogP) is 3.05. The van der Waals surface area contributed by atoms with Crippen molar-refractivity contribution in [2.45, 2.75) is 13.3 Å². The number of aryl methyl sites for hydroxylation is 1. The van der Waals surface area contributed by atoms with Crippen molar-refractivity contribution in [2.24, 2.45) is 0 Å². The average Bonchev–Trinajstić information content (AvgIpc) is 2.68. The summed E-state index contributed by atoms with van der Waals surface area (Å²) in [5, 5.41) is 3.79. The van der Waals surface area contributed by atoms with E-state index in [2.05, 4.69) is 11.9 Å². The minimum absolute atomic E-state index is 0.166. The summed E-state index contributed by atoms with van der Waals surface area (Å²) in [5.74, 6) is 0.232. The van der Waals surface area contributed by atoms with E-state index in [1.54, 1.807) is 6.08 Å². The SMILES string of the molecule is C=CCCNC(=O)c1oc2ccccc2c1C. The number of rotatable bonds is 4. The molecule has 0 atom stereocenters. The molecular weight excluding hydrogens is 214 g/mol. The maximum absolute atomic E-state index is 11.9. The van der Waals surface area contributed by atoms with Crippen molar-refractivity contribution >= 4 is 16.9 Å². The molecule has 0 bridgehead atoms. The number of hydrogen-bond donors (Lipinski definition) is 1. The van der Waals surface area contributed by atoms with Gasteiger partial charge < -0.3 is 9.73 Å². The number of benzene rings is 1. The molecule has 2 aromatic rings. The van der Waals surface area contributed by atoms with Crippen LogP contribution in [0.3, 0.4) is 0 Å². The molecule has 1 N–H and O–H groups in total. The van der Waals surface area contributed by atoms with Crippen molar-refractivity contribution in [1.29, 1.82) is 0 Å². The Bertz CT molecular complexity index is 554. The van der Waals surface area contributed by atoms with Gasteiger partial charge in [0, 0.05) is 17.5 Å². The molecule has 17 heavy (non-hydrogen) atoms. The van der Waals surface area contributed by atoms with Gasteiger partial charge in [0.05, 0.1) is 0 Å². The summed E-state index contributed by atoms with van der Waals surface area (Å²) in [4.78, 5) is 11.9. The Hall–Kier alpha value is -2.03. The van der Waals surface area contributed by atoms with Crippen LogP contribution in [0.1, 0.15) is 22.5 Å². The molecule has 1 aromatic carbocycles. The lowest BCUT2D eigenvalue weighted by atomic mass is 10.1. The first kappa shape index (κ1) is 11.5. The van der Waals surface area contributed by atoms with Gasteiger partial charge in [0.25, 0.3) is 5.91 Å². The van der Waals surface area contributed by atoms with E-state index >= 15 is 0 Å². The minimum Gasteiger partial charge on any atom is -0.451 e. The monoisotopic (exact) mass is 229 g/mol. The van der Waals surface area contributed by atoms with Gasteiger partial charge in [-0.25, -0.2) is 0 Å². The fourth-order valence-electron chi connectivity index (χ4n) is 1.76. The van der Waals surface area contributed by atoms with Crippen LogP contribution in [0.15, 0.2) is 41.3 Å². The Morgan fingerprint density at radius 1 is 1.47 bits per heavy atom. The number of para-hydroxylation sites is 1. The molecule has 0 spiro atoms. The Labute approximate surface area is 100 Å². The Morgan fingerprint density at radius 3 is 2.94 bits per heavy atom. The van der Waals surface area contributed by atoms with Crippen LogP contribution in [-0.2, 0) is 0 Å². The third-order valence-electron chi connectivity index (χ3n) is 2.68. The zero-order valence-electron chi connectivity index (χ0n) is 9.82. The molecule has 0 radical (unpaired) electrons. The van der Waals surface area contributed by atoms with E-state index in [4.69, 9.17) is 4.42 Å². The summed E-state index contributed by atoms with van der Waals surface area (Å²) in [6.07, 6.45) is 2.52. The fourth-order valence-corrected chi connectivity index (χ4v) is 1.76. The molecule has 1 aromatic heterocycles. The van der Waals surface area contributed by atoms with Crippen LogP contribution in [0.5, 0.6) is 0 Å². The summed E-state index contributed by atoms with van der Waals surface area (Å²) < 4.78 is 5.55. The molecule has 0 unspecified atom stereocenters. The Kier molecular flexibility index (Phi) is 3.28. The van der Waals surface area contributed by atoms with Gasteiger partial charge in [0.1, 0.15) is 5.58 Å². The van der Waals surface area contributed by atoms with Crippen LogP contribution in [0, 0.1) is 6.92 Å².